The molecule has 0 aliphatic rings. The van der Waals surface area contributed by atoms with Gasteiger partial charge in [0.25, 0.3) is 0 Å². The second kappa shape index (κ2) is 3.58. The average Bonchev–Trinajstić information content (AvgIpc) is 2.18. The van der Waals surface area contributed by atoms with Crippen molar-refractivity contribution in [3.05, 3.63) is 47.9 Å². The molecule has 1 heterocycles. The molecule has 0 aliphatic heterocycles. The van der Waals surface area contributed by atoms with E-state index in [9.17, 15) is 4.39 Å². The van der Waals surface area contributed by atoms with Crippen molar-refractivity contribution in [1.29, 1.82) is 0 Å². The van der Waals surface area contributed by atoms with Crippen LogP contribution in [-0.4, -0.2) is 4.98 Å². The first-order valence-electron chi connectivity index (χ1n) is 4.45. The molecule has 1 aromatic heterocycles. The van der Waals surface area contributed by atoms with Crippen LogP contribution in [-0.2, 0) is 0 Å². The van der Waals surface area contributed by atoms with Crippen LogP contribution in [0.1, 0.15) is 12.5 Å². The summed E-state index contributed by atoms with van der Waals surface area (Å²) >= 11 is 0. The maximum absolute atomic E-state index is 12.7. The van der Waals surface area contributed by atoms with E-state index in [1.807, 2.05) is 30.3 Å². The van der Waals surface area contributed by atoms with Crippen LogP contribution in [0.15, 0.2) is 42.4 Å². The molecule has 2 aromatic rings. The molecule has 0 radical (unpaired) electrons. The molecule has 0 saturated heterocycles. The van der Waals surface area contributed by atoms with E-state index in [0.717, 1.165) is 16.5 Å². The topological polar surface area (TPSA) is 12.9 Å². The Balaban J connectivity index is 2.71. The average molecular weight is 187 g/mol. The maximum Gasteiger partial charge on any atom is 0.0975 e. The van der Waals surface area contributed by atoms with Crippen molar-refractivity contribution in [2.24, 2.45) is 0 Å². The highest BCUT2D eigenvalue weighted by Crippen LogP contribution is 2.18. The molecule has 0 spiro atoms. The van der Waals surface area contributed by atoms with Gasteiger partial charge in [-0.1, -0.05) is 24.3 Å². The molecule has 2 heteroatoms. The van der Waals surface area contributed by atoms with Crippen molar-refractivity contribution in [1.82, 2.24) is 4.98 Å². The summed E-state index contributed by atoms with van der Waals surface area (Å²) < 4.78 is 12.7. The van der Waals surface area contributed by atoms with E-state index >= 15 is 0 Å². The molecule has 2 rings (SSSR count). The van der Waals surface area contributed by atoms with E-state index in [4.69, 9.17) is 0 Å². The van der Waals surface area contributed by atoms with Gasteiger partial charge >= 0.3 is 0 Å². The number of para-hydroxylation sites is 1. The number of pyridine rings is 1. The Hall–Kier alpha value is -1.70. The molecule has 0 atom stereocenters. The lowest BCUT2D eigenvalue weighted by atomic mass is 10.1. The van der Waals surface area contributed by atoms with Crippen molar-refractivity contribution >= 4 is 17.0 Å². The van der Waals surface area contributed by atoms with Gasteiger partial charge in [-0.05, 0) is 19.1 Å². The van der Waals surface area contributed by atoms with Gasteiger partial charge in [0.2, 0.25) is 0 Å². The molecule has 0 N–H and O–H groups in total. The Labute approximate surface area is 81.9 Å². The zero-order valence-electron chi connectivity index (χ0n) is 7.87. The zero-order valence-corrected chi connectivity index (χ0v) is 7.87. The van der Waals surface area contributed by atoms with Gasteiger partial charge in [-0.2, -0.15) is 0 Å². The summed E-state index contributed by atoms with van der Waals surface area (Å²) in [5.41, 5.74) is 1.66. The van der Waals surface area contributed by atoms with Gasteiger partial charge in [-0.15, -0.1) is 0 Å². The second-order valence-corrected chi connectivity index (χ2v) is 3.15. The summed E-state index contributed by atoms with van der Waals surface area (Å²) in [7, 11) is 0. The number of allylic oxidation sites excluding steroid dienone is 1. The van der Waals surface area contributed by atoms with Crippen LogP contribution in [0.3, 0.4) is 0 Å². The van der Waals surface area contributed by atoms with E-state index in [0.29, 0.717) is 0 Å². The van der Waals surface area contributed by atoms with Crippen LogP contribution < -0.4 is 0 Å². The maximum atomic E-state index is 12.7. The minimum Gasteiger partial charge on any atom is -0.256 e. The molecule has 1 nitrogen and oxygen atoms in total. The van der Waals surface area contributed by atoms with Crippen molar-refractivity contribution in [2.45, 2.75) is 6.92 Å². The smallest absolute Gasteiger partial charge is 0.0975 e. The van der Waals surface area contributed by atoms with Gasteiger partial charge in [0, 0.05) is 17.1 Å². The largest absolute Gasteiger partial charge is 0.256 e. The molecule has 0 aliphatic carbocycles. The quantitative estimate of drug-likeness (QED) is 0.665. The minimum atomic E-state index is -0.205. The summed E-state index contributed by atoms with van der Waals surface area (Å²) in [5, 5.41) is 1.03. The summed E-state index contributed by atoms with van der Waals surface area (Å²) in [4.78, 5) is 4.22. The SMILES string of the molecule is C/C(F)=C\c1cccc2cccnc12. The Morgan fingerprint density at radius 3 is 2.86 bits per heavy atom. The van der Waals surface area contributed by atoms with Crippen LogP contribution in [0.5, 0.6) is 0 Å². The van der Waals surface area contributed by atoms with Crippen LogP contribution in [0.4, 0.5) is 4.39 Å². The third-order valence-electron chi connectivity index (χ3n) is 2.02. The number of halogens is 1. The molecular weight excluding hydrogens is 177 g/mol. The normalized spacial score (nSPS) is 12.0. The molecule has 1 aromatic carbocycles. The van der Waals surface area contributed by atoms with Crippen molar-refractivity contribution < 1.29 is 4.39 Å². The van der Waals surface area contributed by atoms with Gasteiger partial charge in [0.15, 0.2) is 0 Å². The number of hydrogen-bond acceptors (Lipinski definition) is 1. The number of aromatic nitrogens is 1. The number of benzene rings is 1. The van der Waals surface area contributed by atoms with Crippen LogP contribution in [0, 0.1) is 0 Å². The van der Waals surface area contributed by atoms with Crippen LogP contribution >= 0.6 is 0 Å². The standard InChI is InChI=1S/C12H10FN/c1-9(13)8-11-5-2-4-10-6-3-7-14-12(10)11/h2-8H,1H3/b9-8+. The molecule has 0 unspecified atom stereocenters. The van der Waals surface area contributed by atoms with Crippen molar-refractivity contribution in [3.8, 4) is 0 Å². The highest BCUT2D eigenvalue weighted by atomic mass is 19.1. The Kier molecular flexibility index (Phi) is 2.27. The lowest BCUT2D eigenvalue weighted by molar-refractivity contribution is 0.648. The second-order valence-electron chi connectivity index (χ2n) is 3.15. The number of nitrogens with zero attached hydrogens (tertiary/aromatic N) is 1. The first-order chi connectivity index (χ1) is 6.77. The predicted molar refractivity (Wildman–Crippen MR) is 56.5 cm³/mol. The highest BCUT2D eigenvalue weighted by Gasteiger charge is 1.98. The van der Waals surface area contributed by atoms with E-state index in [-0.39, 0.29) is 5.83 Å². The van der Waals surface area contributed by atoms with E-state index in [1.165, 1.54) is 13.0 Å². The lowest BCUT2D eigenvalue weighted by Gasteiger charge is -2.00. The van der Waals surface area contributed by atoms with Crippen LogP contribution in [0.2, 0.25) is 0 Å². The highest BCUT2D eigenvalue weighted by molar-refractivity contribution is 5.87. The molecule has 70 valence electrons. The fraction of sp³-hybridized carbons (Fsp3) is 0.0833. The van der Waals surface area contributed by atoms with Gasteiger partial charge in [-0.25, -0.2) is 4.39 Å². The molecule has 0 saturated carbocycles. The predicted octanol–water partition coefficient (Wildman–Crippen LogP) is 3.57. The fourth-order valence-corrected chi connectivity index (χ4v) is 1.46. The molecular formula is C12H10FN. The summed E-state index contributed by atoms with van der Waals surface area (Å²) in [6, 6.07) is 9.57. The summed E-state index contributed by atoms with van der Waals surface area (Å²) in [6.45, 7) is 1.43. The Morgan fingerprint density at radius 1 is 1.29 bits per heavy atom. The third kappa shape index (κ3) is 1.64. The van der Waals surface area contributed by atoms with E-state index in [1.54, 1.807) is 6.20 Å². The van der Waals surface area contributed by atoms with Gasteiger partial charge < -0.3 is 0 Å². The first kappa shape index (κ1) is 8.88. The van der Waals surface area contributed by atoms with Crippen molar-refractivity contribution in [3.63, 3.8) is 0 Å². The first-order valence-corrected chi connectivity index (χ1v) is 4.45. The van der Waals surface area contributed by atoms with Gasteiger partial charge in [0.05, 0.1) is 11.3 Å². The number of fused-ring (bicyclic) bond motifs is 1. The summed E-state index contributed by atoms with van der Waals surface area (Å²) in [5.74, 6) is -0.205. The number of rotatable bonds is 1. The van der Waals surface area contributed by atoms with Crippen molar-refractivity contribution in [2.75, 3.05) is 0 Å². The van der Waals surface area contributed by atoms with E-state index < -0.39 is 0 Å². The summed E-state index contributed by atoms with van der Waals surface area (Å²) in [6.07, 6.45) is 3.21. The van der Waals surface area contributed by atoms with Gasteiger partial charge in [0.1, 0.15) is 0 Å². The number of hydrogen-bond donors (Lipinski definition) is 0. The minimum absolute atomic E-state index is 0.205. The molecule has 0 amide bonds. The molecule has 0 fully saturated rings. The lowest BCUT2D eigenvalue weighted by Crippen LogP contribution is -1.82. The monoisotopic (exact) mass is 187 g/mol. The molecule has 14 heavy (non-hydrogen) atoms. The zero-order chi connectivity index (χ0) is 9.97. The third-order valence-corrected chi connectivity index (χ3v) is 2.02. The fourth-order valence-electron chi connectivity index (χ4n) is 1.46. The molecule has 0 bridgehead atoms. The van der Waals surface area contributed by atoms with Gasteiger partial charge in [-0.3, -0.25) is 4.98 Å². The Morgan fingerprint density at radius 2 is 2.07 bits per heavy atom. The van der Waals surface area contributed by atoms with E-state index in [2.05, 4.69) is 4.98 Å². The Bertz CT molecular complexity index is 479. The van der Waals surface area contributed by atoms with Crippen LogP contribution in [0.25, 0.3) is 17.0 Å².